The maximum absolute atomic E-state index is 5.14. The van der Waals surface area contributed by atoms with Crippen LogP contribution in [0.5, 0.6) is 0 Å². The molecule has 0 radical (unpaired) electrons. The van der Waals surface area contributed by atoms with Crippen LogP contribution in [0.4, 0.5) is 0 Å². The molecule has 1 unspecified atom stereocenters. The molecule has 0 saturated heterocycles. The van der Waals surface area contributed by atoms with Crippen molar-refractivity contribution >= 4 is 5.96 Å². The van der Waals surface area contributed by atoms with E-state index in [0.29, 0.717) is 17.8 Å². The van der Waals surface area contributed by atoms with E-state index in [1.807, 2.05) is 6.92 Å². The monoisotopic (exact) mass is 372 g/mol. The molecule has 1 heterocycles. The van der Waals surface area contributed by atoms with Gasteiger partial charge in [-0.1, -0.05) is 49.3 Å². The Hall–Kier alpha value is -2.41. The van der Waals surface area contributed by atoms with Gasteiger partial charge in [-0.3, -0.25) is 9.89 Å². The number of hydrogen-bond acceptors (Lipinski definition) is 5. The molecule has 2 rings (SSSR count). The molecular formula is C20H32N6O. The molecular weight excluding hydrogens is 340 g/mol. The lowest BCUT2D eigenvalue weighted by Gasteiger charge is -2.30. The van der Waals surface area contributed by atoms with Crippen molar-refractivity contribution < 1.29 is 4.52 Å². The number of nitrogens with one attached hydrogen (secondary N) is 2. The average molecular weight is 373 g/mol. The van der Waals surface area contributed by atoms with Crippen LogP contribution in [0.3, 0.4) is 0 Å². The Bertz CT molecular complexity index is 681. The summed E-state index contributed by atoms with van der Waals surface area (Å²) in [6.07, 6.45) is 1.66. The van der Waals surface area contributed by atoms with Gasteiger partial charge in [0.2, 0.25) is 5.89 Å². The Balaban J connectivity index is 1.84. The predicted octanol–water partition coefficient (Wildman–Crippen LogP) is 2.56. The number of rotatable bonds is 10. The van der Waals surface area contributed by atoms with Gasteiger partial charge in [-0.25, -0.2) is 0 Å². The van der Waals surface area contributed by atoms with Crippen molar-refractivity contribution in [3.05, 3.63) is 47.6 Å². The second-order valence-electron chi connectivity index (χ2n) is 6.37. The summed E-state index contributed by atoms with van der Waals surface area (Å²) in [5.74, 6) is 2.17. The maximum Gasteiger partial charge on any atom is 0.226 e. The fourth-order valence-corrected chi connectivity index (χ4v) is 3.10. The van der Waals surface area contributed by atoms with Crippen LogP contribution < -0.4 is 10.6 Å². The lowest BCUT2D eigenvalue weighted by Crippen LogP contribution is -2.43. The van der Waals surface area contributed by atoms with Gasteiger partial charge in [0.05, 0.1) is 6.04 Å². The molecule has 7 heteroatoms. The zero-order valence-corrected chi connectivity index (χ0v) is 16.9. The quantitative estimate of drug-likeness (QED) is 0.379. The van der Waals surface area contributed by atoms with E-state index in [4.69, 9.17) is 4.52 Å². The van der Waals surface area contributed by atoms with Crippen molar-refractivity contribution in [3.63, 3.8) is 0 Å². The third-order valence-electron chi connectivity index (χ3n) is 4.55. The van der Waals surface area contributed by atoms with E-state index in [0.717, 1.165) is 45.0 Å². The van der Waals surface area contributed by atoms with Gasteiger partial charge in [0.15, 0.2) is 11.8 Å². The van der Waals surface area contributed by atoms with E-state index in [-0.39, 0.29) is 0 Å². The maximum atomic E-state index is 5.14. The molecule has 1 aromatic heterocycles. The van der Waals surface area contributed by atoms with E-state index in [1.54, 1.807) is 7.05 Å². The van der Waals surface area contributed by atoms with Crippen LogP contribution in [0.2, 0.25) is 0 Å². The molecule has 0 saturated carbocycles. The first-order chi connectivity index (χ1) is 13.2. The minimum absolute atomic E-state index is 0.307. The van der Waals surface area contributed by atoms with E-state index in [9.17, 15) is 0 Å². The number of aromatic nitrogens is 2. The Morgan fingerprint density at radius 2 is 1.93 bits per heavy atom. The van der Waals surface area contributed by atoms with Crippen molar-refractivity contribution in [3.8, 4) is 0 Å². The first-order valence-electron chi connectivity index (χ1n) is 9.70. The third-order valence-corrected chi connectivity index (χ3v) is 4.55. The minimum atomic E-state index is 0.307. The van der Waals surface area contributed by atoms with Crippen molar-refractivity contribution in [2.75, 3.05) is 33.2 Å². The molecule has 0 aliphatic heterocycles. The highest BCUT2D eigenvalue weighted by Gasteiger charge is 2.18. The molecule has 0 fully saturated rings. The SMILES string of the molecule is CCN(CC)C(CNC(=NC)NCCCc1nc(C)no1)c1ccccc1. The molecule has 0 aliphatic rings. The van der Waals surface area contributed by atoms with Gasteiger partial charge in [-0.2, -0.15) is 4.98 Å². The van der Waals surface area contributed by atoms with Gasteiger partial charge in [-0.05, 0) is 32.0 Å². The van der Waals surface area contributed by atoms with Crippen LogP contribution in [0.25, 0.3) is 0 Å². The number of hydrogen-bond donors (Lipinski definition) is 2. The van der Waals surface area contributed by atoms with Gasteiger partial charge in [0.1, 0.15) is 0 Å². The highest BCUT2D eigenvalue weighted by Crippen LogP contribution is 2.19. The zero-order chi connectivity index (χ0) is 19.5. The van der Waals surface area contributed by atoms with Gasteiger partial charge in [0.25, 0.3) is 0 Å². The van der Waals surface area contributed by atoms with Gasteiger partial charge in [-0.15, -0.1) is 0 Å². The topological polar surface area (TPSA) is 78.6 Å². The zero-order valence-electron chi connectivity index (χ0n) is 16.9. The Kier molecular flexibility index (Phi) is 8.77. The van der Waals surface area contributed by atoms with Gasteiger partial charge >= 0.3 is 0 Å². The number of guanidine groups is 1. The summed E-state index contributed by atoms with van der Waals surface area (Å²) < 4.78 is 5.14. The average Bonchev–Trinajstić information content (AvgIpc) is 3.12. The van der Waals surface area contributed by atoms with Crippen molar-refractivity contribution in [1.29, 1.82) is 0 Å². The summed E-state index contributed by atoms with van der Waals surface area (Å²) in [7, 11) is 1.80. The third kappa shape index (κ3) is 6.67. The number of benzene rings is 1. The van der Waals surface area contributed by atoms with Crippen molar-refractivity contribution in [2.45, 2.75) is 39.7 Å². The summed E-state index contributed by atoms with van der Waals surface area (Å²) >= 11 is 0. The number of aryl methyl sites for hydroxylation is 2. The second kappa shape index (κ2) is 11.3. The normalized spacial score (nSPS) is 13.0. The predicted molar refractivity (Wildman–Crippen MR) is 109 cm³/mol. The smallest absolute Gasteiger partial charge is 0.226 e. The van der Waals surface area contributed by atoms with Crippen molar-refractivity contribution in [1.82, 2.24) is 25.7 Å². The van der Waals surface area contributed by atoms with Gasteiger partial charge < -0.3 is 15.2 Å². The van der Waals surface area contributed by atoms with Crippen molar-refractivity contribution in [2.24, 2.45) is 4.99 Å². The number of likely N-dealkylation sites (N-methyl/N-ethyl adjacent to an activating group) is 1. The fraction of sp³-hybridized carbons (Fsp3) is 0.550. The van der Waals surface area contributed by atoms with E-state index in [1.165, 1.54) is 5.56 Å². The lowest BCUT2D eigenvalue weighted by molar-refractivity contribution is 0.219. The summed E-state index contributed by atoms with van der Waals surface area (Å²) in [5.41, 5.74) is 1.32. The summed E-state index contributed by atoms with van der Waals surface area (Å²) in [4.78, 5) is 11.0. The lowest BCUT2D eigenvalue weighted by atomic mass is 10.1. The Labute approximate surface area is 162 Å². The molecule has 148 valence electrons. The molecule has 2 aromatic rings. The summed E-state index contributed by atoms with van der Waals surface area (Å²) in [6, 6.07) is 10.9. The fourth-order valence-electron chi connectivity index (χ4n) is 3.10. The summed E-state index contributed by atoms with van der Waals surface area (Å²) in [5, 5.41) is 10.6. The Morgan fingerprint density at radius 1 is 1.19 bits per heavy atom. The van der Waals surface area contributed by atoms with E-state index in [2.05, 4.69) is 74.8 Å². The van der Waals surface area contributed by atoms with Crippen LogP contribution in [0, 0.1) is 6.92 Å². The minimum Gasteiger partial charge on any atom is -0.356 e. The second-order valence-corrected chi connectivity index (χ2v) is 6.37. The molecule has 0 bridgehead atoms. The molecule has 0 amide bonds. The first kappa shape index (κ1) is 20.9. The first-order valence-corrected chi connectivity index (χ1v) is 9.70. The van der Waals surface area contributed by atoms with Crippen LogP contribution >= 0.6 is 0 Å². The molecule has 2 N–H and O–H groups in total. The largest absolute Gasteiger partial charge is 0.356 e. The van der Waals surface area contributed by atoms with E-state index < -0.39 is 0 Å². The van der Waals surface area contributed by atoms with Crippen LogP contribution in [-0.4, -0.2) is 54.2 Å². The molecule has 27 heavy (non-hydrogen) atoms. The Morgan fingerprint density at radius 3 is 2.52 bits per heavy atom. The molecule has 7 nitrogen and oxygen atoms in total. The van der Waals surface area contributed by atoms with Crippen LogP contribution in [0.1, 0.15) is 43.6 Å². The molecule has 1 aromatic carbocycles. The molecule has 0 spiro atoms. The molecule has 1 atom stereocenters. The van der Waals surface area contributed by atoms with Crippen LogP contribution in [0.15, 0.2) is 39.8 Å². The molecule has 0 aliphatic carbocycles. The number of aliphatic imine (C=N–C) groups is 1. The number of nitrogens with zero attached hydrogens (tertiary/aromatic N) is 4. The standard InChI is InChI=1S/C20H32N6O/c1-5-26(6-2)18(17-11-8-7-9-12-17)15-23-20(21-4)22-14-10-13-19-24-16(3)25-27-19/h7-9,11-12,18H,5-6,10,13-15H2,1-4H3,(H2,21,22,23). The van der Waals surface area contributed by atoms with E-state index >= 15 is 0 Å². The van der Waals surface area contributed by atoms with Crippen LogP contribution in [-0.2, 0) is 6.42 Å². The summed E-state index contributed by atoms with van der Waals surface area (Å²) in [6.45, 7) is 9.84. The highest BCUT2D eigenvalue weighted by molar-refractivity contribution is 5.79. The van der Waals surface area contributed by atoms with Gasteiger partial charge in [0, 0.05) is 26.6 Å². The highest BCUT2D eigenvalue weighted by atomic mass is 16.5.